The Kier molecular flexibility index (Phi) is 1.70. The largest absolute Gasteiger partial charge is 0.358 e. The zero-order chi connectivity index (χ0) is 10.6. The fourth-order valence-corrected chi connectivity index (χ4v) is 3.46. The molecule has 2 aliphatic rings. The van der Waals surface area contributed by atoms with Crippen LogP contribution in [0.4, 0.5) is 5.69 Å². The molecule has 0 aromatic heterocycles. The van der Waals surface area contributed by atoms with Crippen LogP contribution in [0.1, 0.15) is 18.9 Å². The third kappa shape index (κ3) is 0.979. The first-order chi connectivity index (χ1) is 7.14. The highest BCUT2D eigenvalue weighted by molar-refractivity contribution is 5.63. The second-order valence-corrected chi connectivity index (χ2v) is 5.08. The van der Waals surface area contributed by atoms with Crippen molar-refractivity contribution in [3.63, 3.8) is 0 Å². The molecule has 1 radical (unpaired) electrons. The van der Waals surface area contributed by atoms with Crippen LogP contribution in [-0.2, 0) is 5.41 Å². The molecule has 2 heterocycles. The van der Waals surface area contributed by atoms with E-state index in [0.717, 1.165) is 0 Å². The number of fused-ring (bicyclic) bond motifs is 3. The van der Waals surface area contributed by atoms with Gasteiger partial charge in [-0.3, -0.25) is 4.90 Å². The number of hydrogen-bond donors (Lipinski definition) is 0. The topological polar surface area (TPSA) is 6.48 Å². The molecule has 1 saturated heterocycles. The maximum absolute atomic E-state index is 3.22. The average molecular weight is 201 g/mol. The summed E-state index contributed by atoms with van der Waals surface area (Å²) in [4.78, 5) is 4.87. The first kappa shape index (κ1) is 9.22. The Labute approximate surface area is 91.5 Å². The maximum Gasteiger partial charge on any atom is 0.0911 e. The van der Waals surface area contributed by atoms with Crippen molar-refractivity contribution < 1.29 is 0 Å². The number of benzene rings is 1. The molecule has 2 nitrogen and oxygen atoms in total. The third-order valence-electron chi connectivity index (χ3n) is 4.17. The van der Waals surface area contributed by atoms with Crippen LogP contribution in [-0.4, -0.2) is 31.7 Å². The predicted octanol–water partition coefficient (Wildman–Crippen LogP) is 1.86. The lowest BCUT2D eigenvalue weighted by Gasteiger charge is -2.32. The van der Waals surface area contributed by atoms with Gasteiger partial charge in [-0.2, -0.15) is 0 Å². The molecule has 2 aliphatic heterocycles. The van der Waals surface area contributed by atoms with Crippen LogP contribution < -0.4 is 4.90 Å². The van der Waals surface area contributed by atoms with Crippen LogP contribution in [0.3, 0.4) is 0 Å². The van der Waals surface area contributed by atoms with Crippen molar-refractivity contribution in [1.29, 1.82) is 0 Å². The minimum Gasteiger partial charge on any atom is -0.358 e. The molecule has 0 spiro atoms. The van der Waals surface area contributed by atoms with Crippen LogP contribution in [0.15, 0.2) is 18.2 Å². The average Bonchev–Trinajstić information content (AvgIpc) is 2.65. The van der Waals surface area contributed by atoms with Gasteiger partial charge in [0, 0.05) is 24.7 Å². The van der Waals surface area contributed by atoms with Crippen molar-refractivity contribution in [1.82, 2.24) is 4.90 Å². The summed E-state index contributed by atoms with van der Waals surface area (Å²) in [6.07, 6.45) is 1.78. The van der Waals surface area contributed by atoms with E-state index in [2.05, 4.69) is 49.0 Å². The van der Waals surface area contributed by atoms with Crippen molar-refractivity contribution >= 4 is 5.69 Å². The van der Waals surface area contributed by atoms with E-state index < -0.39 is 0 Å². The fraction of sp³-hybridized carbons (Fsp3) is 0.538. The summed E-state index contributed by atoms with van der Waals surface area (Å²) in [6.45, 7) is 3.58. The van der Waals surface area contributed by atoms with Crippen molar-refractivity contribution in [2.24, 2.45) is 0 Å². The number of hydrogen-bond acceptors (Lipinski definition) is 2. The van der Waals surface area contributed by atoms with E-state index in [1.807, 2.05) is 6.07 Å². The molecule has 0 unspecified atom stereocenters. The van der Waals surface area contributed by atoms with E-state index in [9.17, 15) is 0 Å². The van der Waals surface area contributed by atoms with Gasteiger partial charge in [-0.25, -0.2) is 0 Å². The molecular formula is C13H17N2. The summed E-state index contributed by atoms with van der Waals surface area (Å²) < 4.78 is 0. The van der Waals surface area contributed by atoms with Crippen LogP contribution in [0.5, 0.6) is 0 Å². The summed E-state index contributed by atoms with van der Waals surface area (Å²) in [5, 5.41) is 0. The highest BCUT2D eigenvalue weighted by atomic mass is 15.4. The molecule has 79 valence electrons. The van der Waals surface area contributed by atoms with Crippen molar-refractivity contribution in [3.05, 3.63) is 29.8 Å². The lowest BCUT2D eigenvalue weighted by atomic mass is 9.81. The van der Waals surface area contributed by atoms with Crippen LogP contribution in [0, 0.1) is 6.07 Å². The van der Waals surface area contributed by atoms with Crippen LogP contribution in [0.2, 0.25) is 0 Å². The molecule has 0 N–H and O–H groups in total. The summed E-state index contributed by atoms with van der Waals surface area (Å²) in [7, 11) is 4.43. The van der Waals surface area contributed by atoms with Crippen LogP contribution >= 0.6 is 0 Å². The summed E-state index contributed by atoms with van der Waals surface area (Å²) in [6, 6.07) is 9.59. The summed E-state index contributed by atoms with van der Waals surface area (Å²) in [5.74, 6) is 0. The molecular weight excluding hydrogens is 184 g/mol. The molecule has 0 aliphatic carbocycles. The molecule has 1 fully saturated rings. The molecule has 0 bridgehead atoms. The molecule has 2 heteroatoms. The van der Waals surface area contributed by atoms with E-state index >= 15 is 0 Å². The molecule has 2 atom stereocenters. The van der Waals surface area contributed by atoms with E-state index in [1.165, 1.54) is 24.2 Å². The molecule has 15 heavy (non-hydrogen) atoms. The zero-order valence-electron chi connectivity index (χ0n) is 9.62. The highest BCUT2D eigenvalue weighted by Gasteiger charge is 2.51. The second kappa shape index (κ2) is 2.76. The summed E-state index contributed by atoms with van der Waals surface area (Å²) >= 11 is 0. The van der Waals surface area contributed by atoms with Gasteiger partial charge in [0.2, 0.25) is 0 Å². The van der Waals surface area contributed by atoms with Crippen LogP contribution in [0.25, 0.3) is 0 Å². The lowest BCUT2D eigenvalue weighted by Crippen LogP contribution is -2.45. The van der Waals surface area contributed by atoms with Gasteiger partial charge >= 0.3 is 0 Å². The van der Waals surface area contributed by atoms with Gasteiger partial charge in [-0.05, 0) is 37.2 Å². The van der Waals surface area contributed by atoms with Gasteiger partial charge < -0.3 is 4.90 Å². The fourth-order valence-electron chi connectivity index (χ4n) is 3.46. The van der Waals surface area contributed by atoms with Gasteiger partial charge in [-0.1, -0.05) is 13.0 Å². The first-order valence-corrected chi connectivity index (χ1v) is 5.58. The van der Waals surface area contributed by atoms with Crippen molar-refractivity contribution in [2.45, 2.75) is 24.9 Å². The van der Waals surface area contributed by atoms with E-state index in [4.69, 9.17) is 0 Å². The Morgan fingerprint density at radius 3 is 3.07 bits per heavy atom. The predicted molar refractivity (Wildman–Crippen MR) is 62.1 cm³/mol. The standard InChI is InChI=1S/C13H17N2/c1-13-8-9-14(2)12(13)15(3)11-7-5-4-6-10(11)13/h5-7,12H,8-9H2,1-3H3/t12-,13-/m0/s1. The Morgan fingerprint density at radius 1 is 1.47 bits per heavy atom. The van der Waals surface area contributed by atoms with E-state index in [0.29, 0.717) is 11.6 Å². The monoisotopic (exact) mass is 201 g/mol. The Bertz CT molecular complexity index is 401. The molecule has 0 saturated carbocycles. The third-order valence-corrected chi connectivity index (χ3v) is 4.17. The molecule has 0 amide bonds. The second-order valence-electron chi connectivity index (χ2n) is 5.08. The number of nitrogens with zero attached hydrogens (tertiary/aromatic N) is 2. The van der Waals surface area contributed by atoms with Gasteiger partial charge in [0.1, 0.15) is 0 Å². The van der Waals surface area contributed by atoms with Crippen molar-refractivity contribution in [3.8, 4) is 0 Å². The number of likely N-dealkylation sites (N-methyl/N-ethyl adjacent to an activating group) is 2. The zero-order valence-corrected chi connectivity index (χ0v) is 9.62. The van der Waals surface area contributed by atoms with Gasteiger partial charge in [0.25, 0.3) is 0 Å². The number of likely N-dealkylation sites (tertiary alicyclic amines) is 1. The van der Waals surface area contributed by atoms with Gasteiger partial charge in [0.15, 0.2) is 0 Å². The maximum atomic E-state index is 3.22. The van der Waals surface area contributed by atoms with Gasteiger partial charge in [-0.15, -0.1) is 0 Å². The quantitative estimate of drug-likeness (QED) is 0.632. The van der Waals surface area contributed by atoms with E-state index in [-0.39, 0.29) is 0 Å². The molecule has 3 rings (SSSR count). The van der Waals surface area contributed by atoms with Crippen molar-refractivity contribution in [2.75, 3.05) is 25.5 Å². The Balaban J connectivity index is 2.19. The molecule has 1 aromatic rings. The number of rotatable bonds is 0. The Hall–Kier alpha value is -1.02. The summed E-state index contributed by atoms with van der Waals surface area (Å²) in [5.41, 5.74) is 3.16. The van der Waals surface area contributed by atoms with Gasteiger partial charge in [0.05, 0.1) is 6.17 Å². The first-order valence-electron chi connectivity index (χ1n) is 5.58. The smallest absolute Gasteiger partial charge is 0.0911 e. The number of anilines is 1. The lowest BCUT2D eigenvalue weighted by molar-refractivity contribution is 0.268. The normalized spacial score (nSPS) is 34.3. The molecule has 1 aromatic carbocycles. The minimum atomic E-state index is 0.302. The minimum absolute atomic E-state index is 0.302. The highest BCUT2D eigenvalue weighted by Crippen LogP contribution is 2.50. The van der Waals surface area contributed by atoms with E-state index in [1.54, 1.807) is 0 Å². The SMILES string of the molecule is CN1CC[C@@]2(C)c3c[c]ccc3N(C)[C@H]12. The Morgan fingerprint density at radius 2 is 2.27 bits per heavy atom.